The highest BCUT2D eigenvalue weighted by Gasteiger charge is 2.30. The van der Waals surface area contributed by atoms with E-state index in [2.05, 4.69) is 11.0 Å². The third-order valence-corrected chi connectivity index (χ3v) is 4.01. The van der Waals surface area contributed by atoms with E-state index in [1.165, 1.54) is 0 Å². The molecule has 0 aromatic heterocycles. The SMILES string of the molecule is N#Cc1cc(Cl)ccc1N(Cc1ccccc1N)C1CC1. The quantitative estimate of drug-likeness (QED) is 0.869. The number of hydrogen-bond acceptors (Lipinski definition) is 3. The smallest absolute Gasteiger partial charge is 0.101 e. The fourth-order valence-corrected chi connectivity index (χ4v) is 2.68. The van der Waals surface area contributed by atoms with E-state index >= 15 is 0 Å². The lowest BCUT2D eigenvalue weighted by Gasteiger charge is -2.26. The third-order valence-electron chi connectivity index (χ3n) is 3.77. The van der Waals surface area contributed by atoms with Gasteiger partial charge in [0.15, 0.2) is 0 Å². The number of nitrogens with two attached hydrogens (primary N) is 1. The number of nitriles is 1. The van der Waals surface area contributed by atoms with Gasteiger partial charge in [-0.3, -0.25) is 0 Å². The van der Waals surface area contributed by atoms with Crippen molar-refractivity contribution in [3.8, 4) is 6.07 Å². The van der Waals surface area contributed by atoms with Crippen LogP contribution in [-0.4, -0.2) is 6.04 Å². The number of rotatable bonds is 4. The lowest BCUT2D eigenvalue weighted by atomic mass is 10.1. The van der Waals surface area contributed by atoms with Gasteiger partial charge in [0, 0.05) is 23.3 Å². The molecule has 3 rings (SSSR count). The van der Waals surface area contributed by atoms with E-state index in [1.54, 1.807) is 6.07 Å². The Balaban J connectivity index is 1.96. The van der Waals surface area contributed by atoms with E-state index in [1.807, 2.05) is 36.4 Å². The number of nitrogen functional groups attached to an aromatic ring is 1. The molecule has 1 aliphatic rings. The summed E-state index contributed by atoms with van der Waals surface area (Å²) < 4.78 is 0. The Bertz CT molecular complexity index is 701. The Labute approximate surface area is 129 Å². The molecule has 0 atom stereocenters. The number of nitrogens with zero attached hydrogens (tertiary/aromatic N) is 2. The standard InChI is InChI=1S/C17H16ClN3/c18-14-5-8-17(13(9-14)10-19)21(15-6-7-15)11-12-3-1-2-4-16(12)20/h1-5,8-9,15H,6-7,11,20H2. The van der Waals surface area contributed by atoms with Crippen molar-refractivity contribution >= 4 is 23.0 Å². The van der Waals surface area contributed by atoms with Gasteiger partial charge < -0.3 is 10.6 Å². The van der Waals surface area contributed by atoms with Crippen molar-refractivity contribution in [2.24, 2.45) is 0 Å². The molecule has 0 radical (unpaired) electrons. The molecule has 2 aromatic carbocycles. The van der Waals surface area contributed by atoms with E-state index in [9.17, 15) is 5.26 Å². The second-order valence-corrected chi connectivity index (χ2v) is 5.77. The van der Waals surface area contributed by atoms with Crippen molar-refractivity contribution in [3.63, 3.8) is 0 Å². The highest BCUT2D eigenvalue weighted by molar-refractivity contribution is 6.30. The van der Waals surface area contributed by atoms with Gasteiger partial charge in [-0.2, -0.15) is 5.26 Å². The Morgan fingerprint density at radius 1 is 1.24 bits per heavy atom. The number of hydrogen-bond donors (Lipinski definition) is 1. The van der Waals surface area contributed by atoms with Gasteiger partial charge in [0.25, 0.3) is 0 Å². The third kappa shape index (κ3) is 2.96. The molecule has 106 valence electrons. The first-order valence-electron chi connectivity index (χ1n) is 6.98. The minimum absolute atomic E-state index is 0.484. The molecule has 0 spiro atoms. The molecular formula is C17H16ClN3. The summed E-state index contributed by atoms with van der Waals surface area (Å²) in [7, 11) is 0. The highest BCUT2D eigenvalue weighted by atomic mass is 35.5. The van der Waals surface area contributed by atoms with Crippen LogP contribution in [0.4, 0.5) is 11.4 Å². The van der Waals surface area contributed by atoms with E-state index in [0.29, 0.717) is 23.2 Å². The number of para-hydroxylation sites is 1. The van der Waals surface area contributed by atoms with Crippen molar-refractivity contribution in [3.05, 3.63) is 58.6 Å². The molecule has 0 heterocycles. The van der Waals surface area contributed by atoms with Crippen LogP contribution in [0.3, 0.4) is 0 Å². The van der Waals surface area contributed by atoms with Crippen molar-refractivity contribution in [2.75, 3.05) is 10.6 Å². The van der Waals surface area contributed by atoms with Crippen LogP contribution in [-0.2, 0) is 6.54 Å². The molecule has 1 saturated carbocycles. The van der Waals surface area contributed by atoms with E-state index in [-0.39, 0.29) is 0 Å². The minimum atomic E-state index is 0.484. The zero-order valence-electron chi connectivity index (χ0n) is 11.6. The van der Waals surface area contributed by atoms with Crippen LogP contribution >= 0.6 is 11.6 Å². The van der Waals surface area contributed by atoms with Crippen LogP contribution in [0.25, 0.3) is 0 Å². The van der Waals surface area contributed by atoms with Crippen molar-refractivity contribution in [1.82, 2.24) is 0 Å². The van der Waals surface area contributed by atoms with Gasteiger partial charge in [-0.05, 0) is 42.7 Å². The summed E-state index contributed by atoms with van der Waals surface area (Å²) in [5.41, 5.74) is 9.48. The second kappa shape index (κ2) is 5.67. The van der Waals surface area contributed by atoms with Gasteiger partial charge in [0.2, 0.25) is 0 Å². The Hall–Kier alpha value is -2.18. The maximum atomic E-state index is 9.35. The molecule has 4 heteroatoms. The number of benzene rings is 2. The van der Waals surface area contributed by atoms with Crippen LogP contribution in [0.1, 0.15) is 24.0 Å². The molecule has 0 bridgehead atoms. The average Bonchev–Trinajstić information content (AvgIpc) is 3.31. The van der Waals surface area contributed by atoms with E-state index < -0.39 is 0 Å². The molecule has 1 fully saturated rings. The van der Waals surface area contributed by atoms with Crippen molar-refractivity contribution in [1.29, 1.82) is 5.26 Å². The first-order chi connectivity index (χ1) is 10.2. The Morgan fingerprint density at radius 3 is 2.67 bits per heavy atom. The number of halogens is 1. The predicted molar refractivity (Wildman–Crippen MR) is 86.2 cm³/mol. The monoisotopic (exact) mass is 297 g/mol. The molecule has 0 aliphatic heterocycles. The summed E-state index contributed by atoms with van der Waals surface area (Å²) in [5.74, 6) is 0. The zero-order valence-corrected chi connectivity index (χ0v) is 12.3. The molecule has 0 unspecified atom stereocenters. The minimum Gasteiger partial charge on any atom is -0.398 e. The molecule has 2 aromatic rings. The average molecular weight is 298 g/mol. The van der Waals surface area contributed by atoms with Crippen LogP contribution in [0.15, 0.2) is 42.5 Å². The first-order valence-corrected chi connectivity index (χ1v) is 7.36. The summed E-state index contributed by atoms with van der Waals surface area (Å²) in [5, 5.41) is 9.94. The lowest BCUT2D eigenvalue weighted by Crippen LogP contribution is -2.26. The van der Waals surface area contributed by atoms with Gasteiger partial charge in [0.1, 0.15) is 6.07 Å². The van der Waals surface area contributed by atoms with Crippen molar-refractivity contribution in [2.45, 2.75) is 25.4 Å². The fourth-order valence-electron chi connectivity index (χ4n) is 2.51. The second-order valence-electron chi connectivity index (χ2n) is 5.33. The van der Waals surface area contributed by atoms with E-state index in [0.717, 1.165) is 29.8 Å². The van der Waals surface area contributed by atoms with Gasteiger partial charge in [-0.1, -0.05) is 29.8 Å². The summed E-state index contributed by atoms with van der Waals surface area (Å²) in [6, 6.07) is 16.1. The predicted octanol–water partition coefficient (Wildman–Crippen LogP) is 3.96. The maximum Gasteiger partial charge on any atom is 0.101 e. The van der Waals surface area contributed by atoms with Crippen LogP contribution in [0.5, 0.6) is 0 Å². The number of anilines is 2. The Kier molecular flexibility index (Phi) is 3.72. The molecule has 1 aliphatic carbocycles. The highest BCUT2D eigenvalue weighted by Crippen LogP contribution is 2.36. The maximum absolute atomic E-state index is 9.35. The lowest BCUT2D eigenvalue weighted by molar-refractivity contribution is 0.794. The first kappa shape index (κ1) is 13.8. The van der Waals surface area contributed by atoms with Gasteiger partial charge in [-0.15, -0.1) is 0 Å². The molecule has 21 heavy (non-hydrogen) atoms. The molecule has 0 saturated heterocycles. The zero-order chi connectivity index (χ0) is 14.8. The largest absolute Gasteiger partial charge is 0.398 e. The molecule has 2 N–H and O–H groups in total. The van der Waals surface area contributed by atoms with Crippen molar-refractivity contribution < 1.29 is 0 Å². The Morgan fingerprint density at radius 2 is 2.00 bits per heavy atom. The summed E-state index contributed by atoms with van der Waals surface area (Å²) in [6.07, 6.45) is 2.31. The fraction of sp³-hybridized carbons (Fsp3) is 0.235. The molecular weight excluding hydrogens is 282 g/mol. The summed E-state index contributed by atoms with van der Waals surface area (Å²) in [6.45, 7) is 0.716. The van der Waals surface area contributed by atoms with Gasteiger partial charge in [-0.25, -0.2) is 0 Å². The summed E-state index contributed by atoms with van der Waals surface area (Å²) >= 11 is 5.99. The van der Waals surface area contributed by atoms with Crippen LogP contribution < -0.4 is 10.6 Å². The topological polar surface area (TPSA) is 53.0 Å². The van der Waals surface area contributed by atoms with E-state index in [4.69, 9.17) is 17.3 Å². The molecule has 0 amide bonds. The molecule has 3 nitrogen and oxygen atoms in total. The van der Waals surface area contributed by atoms with Gasteiger partial charge >= 0.3 is 0 Å². The van der Waals surface area contributed by atoms with Crippen LogP contribution in [0, 0.1) is 11.3 Å². The van der Waals surface area contributed by atoms with Gasteiger partial charge in [0.05, 0.1) is 11.3 Å². The summed E-state index contributed by atoms with van der Waals surface area (Å²) in [4.78, 5) is 2.26. The van der Waals surface area contributed by atoms with Crippen LogP contribution in [0.2, 0.25) is 5.02 Å². The normalized spacial score (nSPS) is 13.7.